The Labute approximate surface area is 343 Å². The number of carbonyl (C=O) groups excluding carboxylic acids is 1. The normalized spacial score (nSPS) is 16.4. The van der Waals surface area contributed by atoms with Crippen molar-refractivity contribution in [2.24, 2.45) is 7.05 Å². The zero-order valence-corrected chi connectivity index (χ0v) is 33.4. The molecule has 21 heteroatoms. The SMILES string of the molecule is C#C[C@H]1CC(F)(F)c2c1c(C(F)(F)F)nn2CC(=O)N[C@@H](Cc1cc(F)cc(F)c1)c1nc(C#CC(C)(O)COC)ccc1-c1ccc(Cl)c2c(NS(C)(=O)=O)nn(C)c12. The third-order valence-corrected chi connectivity index (χ3v) is 10.1. The van der Waals surface area contributed by atoms with Gasteiger partial charge in [-0.2, -0.15) is 32.1 Å². The number of aryl methyl sites for hydroxylation is 1. The molecule has 3 N–H and O–H groups in total. The number of methoxy groups -OCH3 is 1. The van der Waals surface area contributed by atoms with E-state index >= 15 is 8.78 Å². The maximum atomic E-state index is 15.3. The minimum atomic E-state index is -5.22. The van der Waals surface area contributed by atoms with Gasteiger partial charge in [-0.15, -0.1) is 6.42 Å². The molecule has 1 aliphatic rings. The first-order chi connectivity index (χ1) is 27.9. The molecule has 3 atom stereocenters. The number of pyridine rings is 1. The molecule has 1 unspecified atom stereocenters. The molecule has 6 rings (SSSR count). The Kier molecular flexibility index (Phi) is 11.8. The molecule has 3 aromatic heterocycles. The highest BCUT2D eigenvalue weighted by Gasteiger charge is 2.54. The van der Waals surface area contributed by atoms with Crippen molar-refractivity contribution in [3.05, 3.63) is 93.0 Å². The Balaban J connectivity index is 1.56. The van der Waals surface area contributed by atoms with Crippen molar-refractivity contribution >= 4 is 44.3 Å². The number of sulfonamides is 1. The van der Waals surface area contributed by atoms with Crippen LogP contribution in [0.25, 0.3) is 22.0 Å². The number of nitrogens with zero attached hydrogens (tertiary/aromatic N) is 5. The zero-order valence-electron chi connectivity index (χ0n) is 31.9. The fraction of sp³-hybridized carbons (Fsp3) is 0.333. The minimum absolute atomic E-state index is 0.0240. The van der Waals surface area contributed by atoms with E-state index in [4.69, 9.17) is 22.8 Å². The first-order valence-electron chi connectivity index (χ1n) is 17.6. The summed E-state index contributed by atoms with van der Waals surface area (Å²) in [6, 6.07) is 6.89. The van der Waals surface area contributed by atoms with Crippen LogP contribution in [-0.4, -0.2) is 69.5 Å². The van der Waals surface area contributed by atoms with Crippen LogP contribution in [0.4, 0.5) is 36.6 Å². The fourth-order valence-corrected chi connectivity index (χ4v) is 7.80. The van der Waals surface area contributed by atoms with Gasteiger partial charge >= 0.3 is 6.18 Å². The van der Waals surface area contributed by atoms with Crippen LogP contribution in [0.3, 0.4) is 0 Å². The van der Waals surface area contributed by atoms with Gasteiger partial charge in [0.05, 0.1) is 46.4 Å². The van der Waals surface area contributed by atoms with E-state index in [-0.39, 0.29) is 61.1 Å². The van der Waals surface area contributed by atoms with E-state index in [1.165, 1.54) is 50.0 Å². The number of hydrogen-bond acceptors (Lipinski definition) is 8. The molecule has 1 amide bonds. The van der Waals surface area contributed by atoms with Crippen LogP contribution < -0.4 is 10.0 Å². The first-order valence-corrected chi connectivity index (χ1v) is 19.8. The number of aromatic nitrogens is 5. The van der Waals surface area contributed by atoms with Crippen LogP contribution in [0, 0.1) is 35.8 Å². The summed E-state index contributed by atoms with van der Waals surface area (Å²) in [6.45, 7) is -0.0432. The number of benzene rings is 2. The quantitative estimate of drug-likeness (QED) is 0.105. The van der Waals surface area contributed by atoms with Crippen molar-refractivity contribution in [2.75, 3.05) is 24.7 Å². The topological polar surface area (TPSA) is 153 Å². The van der Waals surface area contributed by atoms with Gasteiger partial charge < -0.3 is 15.2 Å². The lowest BCUT2D eigenvalue weighted by atomic mass is 9.93. The van der Waals surface area contributed by atoms with E-state index < -0.39 is 93.6 Å². The number of terminal acetylenes is 1. The van der Waals surface area contributed by atoms with Crippen LogP contribution in [0.15, 0.2) is 42.5 Å². The summed E-state index contributed by atoms with van der Waals surface area (Å²) in [5.41, 5.74) is -4.96. The lowest BCUT2D eigenvalue weighted by Crippen LogP contribution is -2.35. The molecule has 3 heterocycles. The van der Waals surface area contributed by atoms with Gasteiger partial charge in [0.2, 0.25) is 15.9 Å². The fourth-order valence-electron chi connectivity index (χ4n) is 7.07. The number of nitrogens with one attached hydrogen (secondary N) is 2. The molecule has 60 heavy (non-hydrogen) atoms. The number of fused-ring (bicyclic) bond motifs is 2. The number of anilines is 1. The third-order valence-electron chi connectivity index (χ3n) is 9.25. The van der Waals surface area contributed by atoms with Crippen molar-refractivity contribution in [3.8, 4) is 35.3 Å². The summed E-state index contributed by atoms with van der Waals surface area (Å²) in [7, 11) is -1.06. The van der Waals surface area contributed by atoms with E-state index in [0.717, 1.165) is 18.4 Å². The van der Waals surface area contributed by atoms with E-state index in [1.54, 1.807) is 0 Å². The summed E-state index contributed by atoms with van der Waals surface area (Å²) < 4.78 is 136. The molecule has 316 valence electrons. The van der Waals surface area contributed by atoms with Crippen molar-refractivity contribution in [1.82, 2.24) is 29.9 Å². The van der Waals surface area contributed by atoms with Gasteiger partial charge in [-0.25, -0.2) is 22.2 Å². The van der Waals surface area contributed by atoms with Gasteiger partial charge in [-0.1, -0.05) is 29.5 Å². The van der Waals surface area contributed by atoms with Gasteiger partial charge in [-0.05, 0) is 55.2 Å². The predicted octanol–water partition coefficient (Wildman–Crippen LogP) is 6.22. The Morgan fingerprint density at radius 3 is 2.42 bits per heavy atom. The Morgan fingerprint density at radius 1 is 1.13 bits per heavy atom. The number of amides is 1. The highest BCUT2D eigenvalue weighted by molar-refractivity contribution is 7.92. The Morgan fingerprint density at radius 2 is 1.80 bits per heavy atom. The molecule has 5 aromatic rings. The average Bonchev–Trinajstić information content (AvgIpc) is 3.75. The van der Waals surface area contributed by atoms with Gasteiger partial charge in [0.15, 0.2) is 11.5 Å². The Bertz CT molecular complexity index is 2730. The number of rotatable bonds is 11. The van der Waals surface area contributed by atoms with Gasteiger partial charge in [0, 0.05) is 43.3 Å². The highest BCUT2D eigenvalue weighted by atomic mass is 35.5. The van der Waals surface area contributed by atoms with Crippen LogP contribution in [0.2, 0.25) is 5.02 Å². The smallest absolute Gasteiger partial charge is 0.381 e. The number of alkyl halides is 5. The summed E-state index contributed by atoms with van der Waals surface area (Å²) >= 11 is 6.57. The molecule has 0 saturated heterocycles. The second kappa shape index (κ2) is 16.1. The number of halogens is 8. The zero-order chi connectivity index (χ0) is 44.1. The number of aliphatic hydroxyl groups is 1. The lowest BCUT2D eigenvalue weighted by molar-refractivity contribution is -0.142. The molecule has 12 nitrogen and oxygen atoms in total. The minimum Gasteiger partial charge on any atom is -0.381 e. The van der Waals surface area contributed by atoms with Crippen molar-refractivity contribution in [1.29, 1.82) is 0 Å². The van der Waals surface area contributed by atoms with Crippen molar-refractivity contribution in [3.63, 3.8) is 0 Å². The summed E-state index contributed by atoms with van der Waals surface area (Å²) in [4.78, 5) is 18.6. The molecule has 0 radical (unpaired) electrons. The second-order valence-electron chi connectivity index (χ2n) is 14.2. The summed E-state index contributed by atoms with van der Waals surface area (Å²) in [5.74, 6) is -1.61. The van der Waals surface area contributed by atoms with Gasteiger partial charge in [0.1, 0.15) is 35.2 Å². The van der Waals surface area contributed by atoms with Gasteiger partial charge in [0.25, 0.3) is 5.92 Å². The second-order valence-corrected chi connectivity index (χ2v) is 16.4. The molecule has 0 aliphatic heterocycles. The number of hydrogen-bond donors (Lipinski definition) is 3. The van der Waals surface area contributed by atoms with E-state index in [9.17, 15) is 40.3 Å². The number of ether oxygens (including phenoxy) is 1. The molecule has 0 bridgehead atoms. The first kappa shape index (κ1) is 43.9. The molecule has 2 aromatic carbocycles. The van der Waals surface area contributed by atoms with Crippen molar-refractivity contribution in [2.45, 2.75) is 56.0 Å². The van der Waals surface area contributed by atoms with Crippen LogP contribution >= 0.6 is 11.6 Å². The van der Waals surface area contributed by atoms with Gasteiger partial charge in [-0.3, -0.25) is 18.9 Å². The number of carbonyl (C=O) groups is 1. The van der Waals surface area contributed by atoms with Crippen LogP contribution in [0.5, 0.6) is 0 Å². The summed E-state index contributed by atoms with van der Waals surface area (Å²) in [6.07, 6.45) is -0.596. The molecule has 1 aliphatic carbocycles. The van der Waals surface area contributed by atoms with Crippen molar-refractivity contribution < 1.29 is 53.8 Å². The van der Waals surface area contributed by atoms with E-state index in [0.29, 0.717) is 6.07 Å². The molecular formula is C39H33ClF7N7O5S. The highest BCUT2D eigenvalue weighted by Crippen LogP contribution is 2.52. The summed E-state index contributed by atoms with van der Waals surface area (Å²) in [5, 5.41) is 21.1. The standard InChI is InChI=1S/C39H33ClF7N7O5S/c1-6-21-17-38(43,44)35-30(21)34(39(45,46)47)50-54(35)18-29(55)49-28(15-20-13-22(41)16-23(42)14-20)32-25(8-7-24(48-32)11-12-37(2,56)19-59-4)26-9-10-27(40)31-33(26)53(3)51-36(31)52-60(5,57)58/h1,7-10,13-14,16,21,28,56H,15,17-19H2,2-5H3,(H,49,55)(H,51,52)/t21-,28-,37?/m0/s1. The predicted molar refractivity (Wildman–Crippen MR) is 205 cm³/mol. The molecule has 0 saturated carbocycles. The molecular weight excluding hydrogens is 847 g/mol. The largest absolute Gasteiger partial charge is 0.435 e. The van der Waals surface area contributed by atoms with E-state index in [2.05, 4.69) is 37.1 Å². The van der Waals surface area contributed by atoms with Crippen LogP contribution in [0.1, 0.15) is 59.2 Å². The third kappa shape index (κ3) is 9.21. The maximum Gasteiger partial charge on any atom is 0.435 e. The lowest BCUT2D eigenvalue weighted by Gasteiger charge is -2.23. The van der Waals surface area contributed by atoms with E-state index in [1.807, 2.05) is 5.92 Å². The van der Waals surface area contributed by atoms with Crippen LogP contribution in [-0.2, 0) is 51.7 Å². The Hall–Kier alpha value is -5.67. The molecule has 0 spiro atoms. The maximum absolute atomic E-state index is 15.3. The average molecular weight is 880 g/mol. The monoisotopic (exact) mass is 879 g/mol. The molecule has 0 fully saturated rings.